The van der Waals surface area contributed by atoms with Crippen LogP contribution in [0.1, 0.15) is 39.2 Å². The van der Waals surface area contributed by atoms with Gasteiger partial charge in [-0.1, -0.05) is 35.5 Å². The topological polar surface area (TPSA) is 60.4 Å². The minimum atomic E-state index is -0.479. The highest BCUT2D eigenvalue weighted by Gasteiger charge is 2.27. The normalized spacial score (nSPS) is 18.4. The van der Waals surface area contributed by atoms with Crippen molar-refractivity contribution < 1.29 is 19.1 Å². The zero-order valence-corrected chi connectivity index (χ0v) is 15.3. The molecule has 138 valence electrons. The maximum Gasteiger partial charge on any atom is 0.410 e. The van der Waals surface area contributed by atoms with Crippen molar-refractivity contribution in [3.05, 3.63) is 35.9 Å². The first-order chi connectivity index (χ1) is 11.9. The third kappa shape index (κ3) is 7.56. The summed E-state index contributed by atoms with van der Waals surface area (Å²) in [5, 5.41) is 3.90. The van der Waals surface area contributed by atoms with Crippen molar-refractivity contribution in [2.45, 2.75) is 51.9 Å². The van der Waals surface area contributed by atoms with Gasteiger partial charge in [0.25, 0.3) is 0 Å². The van der Waals surface area contributed by atoms with Gasteiger partial charge in [0.05, 0.1) is 25.5 Å². The van der Waals surface area contributed by atoms with E-state index < -0.39 is 5.60 Å². The Morgan fingerprint density at radius 1 is 1.32 bits per heavy atom. The molecule has 2 rings (SSSR count). The van der Waals surface area contributed by atoms with Gasteiger partial charge >= 0.3 is 6.09 Å². The van der Waals surface area contributed by atoms with Gasteiger partial charge in [0.2, 0.25) is 0 Å². The molecule has 0 bridgehead atoms. The third-order valence-corrected chi connectivity index (χ3v) is 3.66. The Kier molecular flexibility index (Phi) is 7.25. The van der Waals surface area contributed by atoms with Crippen LogP contribution >= 0.6 is 0 Å². The van der Waals surface area contributed by atoms with Crippen LogP contribution in [0, 0.1) is 0 Å². The smallest absolute Gasteiger partial charge is 0.410 e. The van der Waals surface area contributed by atoms with Crippen LogP contribution in [0.25, 0.3) is 0 Å². The van der Waals surface area contributed by atoms with Crippen LogP contribution in [0.15, 0.2) is 35.5 Å². The fourth-order valence-corrected chi connectivity index (χ4v) is 2.51. The Labute approximate surface area is 149 Å². The molecule has 1 saturated heterocycles. The number of nitrogens with zero attached hydrogens (tertiary/aromatic N) is 2. The van der Waals surface area contributed by atoms with Crippen LogP contribution in [0.4, 0.5) is 4.79 Å². The molecular formula is C19H28N2O4. The highest BCUT2D eigenvalue weighted by atomic mass is 16.6. The fraction of sp³-hybridized carbons (Fsp3) is 0.579. The van der Waals surface area contributed by atoms with Crippen molar-refractivity contribution in [1.29, 1.82) is 0 Å². The number of piperidine rings is 1. The SMILES string of the molecule is CC(C)(C)OC(=O)N1CCCC(OCC=NOCc2ccccc2)C1. The molecule has 6 nitrogen and oxygen atoms in total. The van der Waals surface area contributed by atoms with Crippen molar-refractivity contribution in [3.63, 3.8) is 0 Å². The lowest BCUT2D eigenvalue weighted by atomic mass is 10.1. The lowest BCUT2D eigenvalue weighted by Gasteiger charge is -2.33. The summed E-state index contributed by atoms with van der Waals surface area (Å²) in [7, 11) is 0. The number of oxime groups is 1. The molecule has 0 saturated carbocycles. The minimum absolute atomic E-state index is 0.00171. The Bertz CT molecular complexity index is 554. The number of amides is 1. The summed E-state index contributed by atoms with van der Waals surface area (Å²) < 4.78 is 11.2. The first-order valence-electron chi connectivity index (χ1n) is 8.71. The molecule has 1 aromatic carbocycles. The molecule has 6 heteroatoms. The number of hydrogen-bond donors (Lipinski definition) is 0. The van der Waals surface area contributed by atoms with Gasteiger partial charge in [-0.25, -0.2) is 4.79 Å². The number of ether oxygens (including phenoxy) is 2. The zero-order valence-electron chi connectivity index (χ0n) is 15.3. The van der Waals surface area contributed by atoms with Crippen LogP contribution < -0.4 is 0 Å². The van der Waals surface area contributed by atoms with E-state index in [0.29, 0.717) is 26.3 Å². The van der Waals surface area contributed by atoms with Crippen LogP contribution in [-0.4, -0.2) is 48.6 Å². The summed E-state index contributed by atoms with van der Waals surface area (Å²) in [4.78, 5) is 19.0. The van der Waals surface area contributed by atoms with E-state index in [1.54, 1.807) is 11.1 Å². The number of benzene rings is 1. The zero-order chi connectivity index (χ0) is 18.1. The van der Waals surface area contributed by atoms with Crippen LogP contribution in [0.2, 0.25) is 0 Å². The lowest BCUT2D eigenvalue weighted by Crippen LogP contribution is -2.45. The van der Waals surface area contributed by atoms with Gasteiger partial charge in [-0.2, -0.15) is 0 Å². The highest BCUT2D eigenvalue weighted by Crippen LogP contribution is 2.17. The Morgan fingerprint density at radius 3 is 2.80 bits per heavy atom. The standard InChI is InChI=1S/C19H28N2O4/c1-19(2,3)25-18(22)21-12-7-10-17(14-21)23-13-11-20-24-15-16-8-5-4-6-9-16/h4-6,8-9,11,17H,7,10,12-15H2,1-3H3. The van der Waals surface area contributed by atoms with Crippen molar-refractivity contribution >= 4 is 12.3 Å². The molecule has 1 aliphatic rings. The largest absolute Gasteiger partial charge is 0.444 e. The Hall–Kier alpha value is -2.08. The van der Waals surface area contributed by atoms with Crippen LogP contribution in [0.5, 0.6) is 0 Å². The summed E-state index contributed by atoms with van der Waals surface area (Å²) in [6.45, 7) is 7.67. The predicted molar refractivity (Wildman–Crippen MR) is 96.5 cm³/mol. The molecule has 1 unspecified atom stereocenters. The average molecular weight is 348 g/mol. The van der Waals surface area contributed by atoms with E-state index in [0.717, 1.165) is 18.4 Å². The first-order valence-corrected chi connectivity index (χ1v) is 8.71. The quantitative estimate of drug-likeness (QED) is 0.582. The molecule has 1 atom stereocenters. The average Bonchev–Trinajstić information content (AvgIpc) is 2.58. The summed E-state index contributed by atoms with van der Waals surface area (Å²) in [5.41, 5.74) is 0.592. The van der Waals surface area contributed by atoms with Crippen molar-refractivity contribution in [2.24, 2.45) is 5.16 Å². The second-order valence-corrected chi connectivity index (χ2v) is 7.07. The van der Waals surface area contributed by atoms with Crippen LogP contribution in [-0.2, 0) is 20.9 Å². The molecule has 0 radical (unpaired) electrons. The molecule has 1 aliphatic heterocycles. The predicted octanol–water partition coefficient (Wildman–Crippen LogP) is 3.61. The Morgan fingerprint density at radius 2 is 2.08 bits per heavy atom. The van der Waals surface area contributed by atoms with Crippen molar-refractivity contribution in [2.75, 3.05) is 19.7 Å². The molecule has 0 N–H and O–H groups in total. The first kappa shape index (κ1) is 19.2. The van der Waals surface area contributed by atoms with Gasteiger partial charge in [0, 0.05) is 6.54 Å². The van der Waals surface area contributed by atoms with Gasteiger partial charge in [0.1, 0.15) is 12.2 Å². The Balaban J connectivity index is 1.65. The van der Waals surface area contributed by atoms with Crippen molar-refractivity contribution in [1.82, 2.24) is 4.90 Å². The summed E-state index contributed by atoms with van der Waals surface area (Å²) in [6, 6.07) is 9.86. The van der Waals surface area contributed by atoms with E-state index in [9.17, 15) is 4.79 Å². The van der Waals surface area contributed by atoms with Gasteiger partial charge < -0.3 is 19.2 Å². The summed E-state index contributed by atoms with van der Waals surface area (Å²) in [5.74, 6) is 0. The number of hydrogen-bond acceptors (Lipinski definition) is 5. The molecule has 1 aromatic rings. The second kappa shape index (κ2) is 9.42. The number of rotatable bonds is 6. The van der Waals surface area contributed by atoms with E-state index in [2.05, 4.69) is 5.16 Å². The van der Waals surface area contributed by atoms with Gasteiger partial charge in [0.15, 0.2) is 0 Å². The third-order valence-electron chi connectivity index (χ3n) is 3.66. The van der Waals surface area contributed by atoms with Crippen LogP contribution in [0.3, 0.4) is 0 Å². The van der Waals surface area contributed by atoms with Gasteiger partial charge in [-0.3, -0.25) is 0 Å². The van der Waals surface area contributed by atoms with E-state index in [1.165, 1.54) is 0 Å². The molecule has 25 heavy (non-hydrogen) atoms. The monoisotopic (exact) mass is 348 g/mol. The second-order valence-electron chi connectivity index (χ2n) is 7.07. The number of carbonyl (C=O) groups excluding carboxylic acids is 1. The maximum atomic E-state index is 12.1. The molecule has 0 spiro atoms. The van der Waals surface area contributed by atoms with E-state index in [-0.39, 0.29) is 12.2 Å². The molecule has 1 fully saturated rings. The minimum Gasteiger partial charge on any atom is -0.444 e. The van der Waals surface area contributed by atoms with E-state index >= 15 is 0 Å². The lowest BCUT2D eigenvalue weighted by molar-refractivity contribution is -0.0113. The summed E-state index contributed by atoms with van der Waals surface area (Å²) >= 11 is 0. The van der Waals surface area contributed by atoms with E-state index in [1.807, 2.05) is 51.1 Å². The molecule has 1 amide bonds. The molecule has 0 aromatic heterocycles. The maximum absolute atomic E-state index is 12.1. The molecule has 1 heterocycles. The highest BCUT2D eigenvalue weighted by molar-refractivity contribution is 5.68. The van der Waals surface area contributed by atoms with Gasteiger partial charge in [-0.15, -0.1) is 0 Å². The molecule has 0 aliphatic carbocycles. The number of likely N-dealkylation sites (tertiary alicyclic amines) is 1. The number of carbonyl (C=O) groups is 1. The fourth-order valence-electron chi connectivity index (χ4n) is 2.51. The van der Waals surface area contributed by atoms with Crippen molar-refractivity contribution in [3.8, 4) is 0 Å². The molecular weight excluding hydrogens is 320 g/mol. The van der Waals surface area contributed by atoms with E-state index in [4.69, 9.17) is 14.3 Å². The summed E-state index contributed by atoms with van der Waals surface area (Å²) in [6.07, 6.45) is 3.17. The van der Waals surface area contributed by atoms with Gasteiger partial charge in [-0.05, 0) is 39.2 Å².